The lowest BCUT2D eigenvalue weighted by Gasteiger charge is -2.33. The molecule has 1 aliphatic rings. The van der Waals surface area contributed by atoms with Gasteiger partial charge in [-0.1, -0.05) is 11.6 Å². The number of nitrogens with zero attached hydrogens (tertiary/aromatic N) is 3. The van der Waals surface area contributed by atoms with Gasteiger partial charge in [0.05, 0.1) is 28.3 Å². The smallest absolute Gasteiger partial charge is 0.410 e. The molecule has 0 atom stereocenters. The number of fused-ring (bicyclic) bond motifs is 1. The maximum Gasteiger partial charge on any atom is 0.410 e. The molecular formula is C18H22ClN3O4. The maximum absolute atomic E-state index is 12.2. The van der Waals surface area contributed by atoms with E-state index in [0.717, 1.165) is 18.4 Å². The number of aromatic carboxylic acids is 1. The Labute approximate surface area is 156 Å². The predicted octanol–water partition coefficient (Wildman–Crippen LogP) is 3.96. The zero-order chi connectivity index (χ0) is 19.1. The number of aromatic nitrogens is 2. The Kier molecular flexibility index (Phi) is 4.84. The molecule has 1 N–H and O–H groups in total. The van der Waals surface area contributed by atoms with Crippen molar-refractivity contribution < 1.29 is 19.4 Å². The first kappa shape index (κ1) is 18.5. The molecule has 26 heavy (non-hydrogen) atoms. The van der Waals surface area contributed by atoms with Gasteiger partial charge in [0.1, 0.15) is 5.60 Å². The molecule has 0 aliphatic carbocycles. The van der Waals surface area contributed by atoms with Gasteiger partial charge in [0.15, 0.2) is 0 Å². The normalized spacial score (nSPS) is 16.1. The van der Waals surface area contributed by atoms with E-state index in [4.69, 9.17) is 16.3 Å². The number of benzene rings is 1. The molecule has 3 rings (SSSR count). The number of carboxylic acids is 1. The minimum Gasteiger partial charge on any atom is -0.478 e. The van der Waals surface area contributed by atoms with Crippen molar-refractivity contribution in [1.29, 1.82) is 0 Å². The third kappa shape index (κ3) is 3.62. The number of hydrogen-bond acceptors (Lipinski definition) is 4. The van der Waals surface area contributed by atoms with E-state index in [1.54, 1.807) is 17.2 Å². The van der Waals surface area contributed by atoms with E-state index in [9.17, 15) is 14.7 Å². The van der Waals surface area contributed by atoms with Gasteiger partial charge in [-0.05, 0) is 45.7 Å². The van der Waals surface area contributed by atoms with Gasteiger partial charge in [0.2, 0.25) is 0 Å². The molecule has 1 fully saturated rings. The predicted molar refractivity (Wildman–Crippen MR) is 97.8 cm³/mol. The van der Waals surface area contributed by atoms with Crippen LogP contribution in [0.2, 0.25) is 5.02 Å². The fourth-order valence-corrected chi connectivity index (χ4v) is 3.45. The highest BCUT2D eigenvalue weighted by atomic mass is 35.5. The van der Waals surface area contributed by atoms with Crippen molar-refractivity contribution in [2.24, 2.45) is 0 Å². The molecule has 0 bridgehead atoms. The van der Waals surface area contributed by atoms with E-state index in [0.29, 0.717) is 18.5 Å². The van der Waals surface area contributed by atoms with Crippen molar-refractivity contribution in [1.82, 2.24) is 14.7 Å². The summed E-state index contributed by atoms with van der Waals surface area (Å²) in [7, 11) is 0. The van der Waals surface area contributed by atoms with Gasteiger partial charge in [-0.25, -0.2) is 9.59 Å². The van der Waals surface area contributed by atoms with Gasteiger partial charge in [0.25, 0.3) is 0 Å². The summed E-state index contributed by atoms with van der Waals surface area (Å²) in [5.41, 5.74) is 0.360. The zero-order valence-corrected chi connectivity index (χ0v) is 15.8. The lowest BCUT2D eigenvalue weighted by molar-refractivity contribution is 0.0186. The first-order valence-corrected chi connectivity index (χ1v) is 8.92. The van der Waals surface area contributed by atoms with Crippen LogP contribution in [0.5, 0.6) is 0 Å². The molecule has 1 amide bonds. The standard InChI is InChI=1S/C18H22ClN3O4/c1-18(2,3)26-17(25)21-8-6-11(7-9-21)22-14-5-4-12(16(23)24)15(19)13(14)10-20-22/h4-5,10-11H,6-9H2,1-3H3,(H,23,24). The Morgan fingerprint density at radius 1 is 1.27 bits per heavy atom. The van der Waals surface area contributed by atoms with E-state index >= 15 is 0 Å². The summed E-state index contributed by atoms with van der Waals surface area (Å²) in [5, 5.41) is 14.4. The van der Waals surface area contributed by atoms with E-state index in [-0.39, 0.29) is 22.7 Å². The Bertz CT molecular complexity index is 848. The molecule has 0 radical (unpaired) electrons. The average Bonchev–Trinajstić information content (AvgIpc) is 2.98. The first-order valence-electron chi connectivity index (χ1n) is 8.54. The number of ether oxygens (including phenoxy) is 1. The number of carbonyl (C=O) groups excluding carboxylic acids is 1. The van der Waals surface area contributed by atoms with Crippen LogP contribution in [0.4, 0.5) is 4.79 Å². The van der Waals surface area contributed by atoms with Crippen LogP contribution in [-0.2, 0) is 4.74 Å². The summed E-state index contributed by atoms with van der Waals surface area (Å²) in [5.74, 6) is -1.06. The Balaban J connectivity index is 1.75. The fraction of sp³-hybridized carbons (Fsp3) is 0.500. The Morgan fingerprint density at radius 3 is 2.50 bits per heavy atom. The molecule has 2 aromatic rings. The van der Waals surface area contributed by atoms with Crippen molar-refractivity contribution in [3.8, 4) is 0 Å². The number of amides is 1. The molecular weight excluding hydrogens is 358 g/mol. The van der Waals surface area contributed by atoms with Crippen LogP contribution in [0.25, 0.3) is 10.9 Å². The maximum atomic E-state index is 12.2. The van der Waals surface area contributed by atoms with Crippen LogP contribution >= 0.6 is 11.6 Å². The molecule has 1 aliphatic heterocycles. The van der Waals surface area contributed by atoms with Crippen molar-refractivity contribution in [2.75, 3.05) is 13.1 Å². The number of likely N-dealkylation sites (tertiary alicyclic amines) is 1. The van der Waals surface area contributed by atoms with Crippen LogP contribution in [0.3, 0.4) is 0 Å². The monoisotopic (exact) mass is 379 g/mol. The highest BCUT2D eigenvalue weighted by molar-refractivity contribution is 6.38. The van der Waals surface area contributed by atoms with Crippen molar-refractivity contribution in [3.63, 3.8) is 0 Å². The summed E-state index contributed by atoms with van der Waals surface area (Å²) in [6.45, 7) is 6.72. The molecule has 1 saturated heterocycles. The van der Waals surface area contributed by atoms with E-state index in [2.05, 4.69) is 5.10 Å². The second-order valence-electron chi connectivity index (χ2n) is 7.45. The van der Waals surface area contributed by atoms with Crippen molar-refractivity contribution in [2.45, 2.75) is 45.3 Å². The third-order valence-electron chi connectivity index (χ3n) is 4.41. The number of hydrogen-bond donors (Lipinski definition) is 1. The van der Waals surface area contributed by atoms with Crippen molar-refractivity contribution in [3.05, 3.63) is 28.9 Å². The van der Waals surface area contributed by atoms with Gasteiger partial charge in [-0.15, -0.1) is 0 Å². The number of piperidine rings is 1. The second kappa shape index (κ2) is 6.79. The van der Waals surface area contributed by atoms with Gasteiger partial charge >= 0.3 is 12.1 Å². The third-order valence-corrected chi connectivity index (χ3v) is 4.81. The average molecular weight is 380 g/mol. The van der Waals surface area contributed by atoms with Gasteiger partial charge in [-0.3, -0.25) is 4.68 Å². The molecule has 0 spiro atoms. The number of carboxylic acid groups (broad SMARTS) is 1. The number of halogens is 1. The van der Waals surface area contributed by atoms with E-state index in [1.165, 1.54) is 6.07 Å². The van der Waals surface area contributed by atoms with Crippen LogP contribution in [-0.4, -0.2) is 50.5 Å². The molecule has 7 nitrogen and oxygen atoms in total. The summed E-state index contributed by atoms with van der Waals surface area (Å²) in [6, 6.07) is 3.36. The number of rotatable bonds is 2. The topological polar surface area (TPSA) is 84.7 Å². The summed E-state index contributed by atoms with van der Waals surface area (Å²) >= 11 is 6.21. The van der Waals surface area contributed by atoms with Crippen LogP contribution < -0.4 is 0 Å². The Hall–Kier alpha value is -2.28. The second-order valence-corrected chi connectivity index (χ2v) is 7.83. The molecule has 2 heterocycles. The minimum absolute atomic E-state index is 0.0680. The zero-order valence-electron chi connectivity index (χ0n) is 15.0. The largest absolute Gasteiger partial charge is 0.478 e. The SMILES string of the molecule is CC(C)(C)OC(=O)N1CCC(n2ncc3c(Cl)c(C(=O)O)ccc32)CC1. The minimum atomic E-state index is -1.06. The van der Waals surface area contributed by atoms with Crippen LogP contribution in [0.1, 0.15) is 50.0 Å². The van der Waals surface area contributed by atoms with Crippen LogP contribution in [0, 0.1) is 0 Å². The molecule has 1 aromatic carbocycles. The summed E-state index contributed by atoms with van der Waals surface area (Å²) < 4.78 is 7.29. The molecule has 8 heteroatoms. The molecule has 0 unspecified atom stereocenters. The summed E-state index contributed by atoms with van der Waals surface area (Å²) in [6.07, 6.45) is 2.79. The van der Waals surface area contributed by atoms with E-state index in [1.807, 2.05) is 25.5 Å². The van der Waals surface area contributed by atoms with Crippen LogP contribution in [0.15, 0.2) is 18.3 Å². The molecule has 1 aromatic heterocycles. The molecule has 0 saturated carbocycles. The van der Waals surface area contributed by atoms with E-state index < -0.39 is 11.6 Å². The quantitative estimate of drug-likeness (QED) is 0.853. The van der Waals surface area contributed by atoms with Gasteiger partial charge in [-0.2, -0.15) is 5.10 Å². The van der Waals surface area contributed by atoms with Gasteiger partial charge < -0.3 is 14.7 Å². The highest BCUT2D eigenvalue weighted by Gasteiger charge is 2.28. The summed E-state index contributed by atoms with van der Waals surface area (Å²) in [4.78, 5) is 25.1. The first-order chi connectivity index (χ1) is 12.2. The molecule has 140 valence electrons. The number of carbonyl (C=O) groups is 2. The highest BCUT2D eigenvalue weighted by Crippen LogP contribution is 2.32. The van der Waals surface area contributed by atoms with Crippen molar-refractivity contribution >= 4 is 34.6 Å². The Morgan fingerprint density at radius 2 is 1.92 bits per heavy atom. The van der Waals surface area contributed by atoms with Gasteiger partial charge in [0, 0.05) is 18.5 Å². The lowest BCUT2D eigenvalue weighted by Crippen LogP contribution is -2.42. The lowest BCUT2D eigenvalue weighted by atomic mass is 10.0. The fourth-order valence-electron chi connectivity index (χ4n) is 3.16.